The Balaban J connectivity index is 1.67. The van der Waals surface area contributed by atoms with Gasteiger partial charge in [0.15, 0.2) is 12.4 Å². The van der Waals surface area contributed by atoms with Gasteiger partial charge in [-0.3, -0.25) is 0 Å². The molecule has 0 spiro atoms. The van der Waals surface area contributed by atoms with Crippen molar-refractivity contribution in [3.05, 3.63) is 11.6 Å². The van der Waals surface area contributed by atoms with Crippen LogP contribution in [0.4, 0.5) is 0 Å². The van der Waals surface area contributed by atoms with Crippen molar-refractivity contribution in [2.75, 3.05) is 0 Å². The van der Waals surface area contributed by atoms with E-state index in [1.807, 2.05) is 13.0 Å². The van der Waals surface area contributed by atoms with Gasteiger partial charge in [0.25, 0.3) is 0 Å². The lowest BCUT2D eigenvalue weighted by atomic mass is 10.0. The molecular formula is C25H44O4. The van der Waals surface area contributed by atoms with Gasteiger partial charge in [0.05, 0.1) is 5.57 Å². The molecule has 0 aromatic heterocycles. The van der Waals surface area contributed by atoms with Crippen LogP contribution in [0.5, 0.6) is 0 Å². The van der Waals surface area contributed by atoms with E-state index in [2.05, 4.69) is 13.8 Å². The predicted octanol–water partition coefficient (Wildman–Crippen LogP) is 7.21. The highest BCUT2D eigenvalue weighted by atomic mass is 16.8. The monoisotopic (exact) mass is 408 g/mol. The van der Waals surface area contributed by atoms with Crippen molar-refractivity contribution in [3.8, 4) is 0 Å². The van der Waals surface area contributed by atoms with Gasteiger partial charge < -0.3 is 14.2 Å². The molecule has 2 heterocycles. The summed E-state index contributed by atoms with van der Waals surface area (Å²) in [4.78, 5) is 12.3. The fourth-order valence-corrected chi connectivity index (χ4v) is 4.35. The minimum absolute atomic E-state index is 0.254. The molecule has 2 aliphatic rings. The zero-order chi connectivity index (χ0) is 21.0. The van der Waals surface area contributed by atoms with Crippen molar-refractivity contribution < 1.29 is 19.0 Å². The Hall–Kier alpha value is -0.870. The molecule has 4 nitrogen and oxygen atoms in total. The Morgan fingerprint density at radius 1 is 0.828 bits per heavy atom. The number of fused-ring (bicyclic) bond motifs is 1. The maximum Gasteiger partial charge on any atom is 0.339 e. The number of allylic oxidation sites excluding steroid dienone is 1. The normalized spacial score (nSPS) is 27.6. The number of carbonyl (C=O) groups excluding carboxylic acids is 1. The van der Waals surface area contributed by atoms with Crippen LogP contribution in [0.3, 0.4) is 0 Å². The minimum Gasteiger partial charge on any atom is -0.427 e. The Labute approximate surface area is 178 Å². The van der Waals surface area contributed by atoms with Crippen molar-refractivity contribution in [3.63, 3.8) is 0 Å². The van der Waals surface area contributed by atoms with Gasteiger partial charge in [-0.05, 0) is 25.7 Å². The summed E-state index contributed by atoms with van der Waals surface area (Å²) in [7, 11) is 0. The molecule has 0 aromatic carbocycles. The molecular weight excluding hydrogens is 364 g/mol. The topological polar surface area (TPSA) is 44.8 Å². The second-order valence-electron chi connectivity index (χ2n) is 8.95. The lowest BCUT2D eigenvalue weighted by molar-refractivity contribution is -0.206. The first-order valence-electron chi connectivity index (χ1n) is 12.4. The number of rotatable bonds is 16. The summed E-state index contributed by atoms with van der Waals surface area (Å²) in [6.07, 6.45) is 21.0. The Kier molecular flexibility index (Phi) is 11.3. The van der Waals surface area contributed by atoms with E-state index in [4.69, 9.17) is 14.2 Å². The maximum absolute atomic E-state index is 12.3. The summed E-state index contributed by atoms with van der Waals surface area (Å²) in [5.41, 5.74) is 0.667. The minimum atomic E-state index is -0.936. The van der Waals surface area contributed by atoms with Crippen molar-refractivity contribution in [1.29, 1.82) is 0 Å². The number of esters is 1. The molecule has 2 fully saturated rings. The Morgan fingerprint density at radius 2 is 1.38 bits per heavy atom. The predicted molar refractivity (Wildman–Crippen MR) is 118 cm³/mol. The lowest BCUT2D eigenvalue weighted by Crippen LogP contribution is -2.33. The van der Waals surface area contributed by atoms with Crippen LogP contribution >= 0.6 is 0 Å². The van der Waals surface area contributed by atoms with E-state index in [1.165, 1.54) is 77.0 Å². The smallest absolute Gasteiger partial charge is 0.339 e. The summed E-state index contributed by atoms with van der Waals surface area (Å²) in [5.74, 6) is -1.20. The molecule has 2 saturated heterocycles. The average Bonchev–Trinajstić information content (AvgIpc) is 3.12. The molecule has 4 heteroatoms. The third-order valence-electron chi connectivity index (χ3n) is 6.16. The summed E-state index contributed by atoms with van der Waals surface area (Å²) >= 11 is 0. The fourth-order valence-electron chi connectivity index (χ4n) is 4.35. The van der Waals surface area contributed by atoms with Crippen molar-refractivity contribution >= 4 is 5.97 Å². The molecule has 2 aliphatic heterocycles. The molecule has 0 bridgehead atoms. The molecule has 168 valence electrons. The van der Waals surface area contributed by atoms with Gasteiger partial charge in [0.2, 0.25) is 5.79 Å². The maximum atomic E-state index is 12.3. The molecule has 0 aromatic rings. The van der Waals surface area contributed by atoms with Gasteiger partial charge >= 0.3 is 5.97 Å². The molecule has 0 aliphatic carbocycles. The van der Waals surface area contributed by atoms with Gasteiger partial charge in [-0.25, -0.2) is 4.79 Å². The van der Waals surface area contributed by atoms with Crippen LogP contribution < -0.4 is 0 Å². The molecule has 0 saturated carbocycles. The lowest BCUT2D eigenvalue weighted by Gasteiger charge is -2.19. The average molecular weight is 409 g/mol. The standard InChI is InChI=1S/C25H44O4/c1-4-6-8-10-12-14-15-17-19-21-23-25(3,29-24(21)26)28-22(27-23)20-18-16-13-11-9-7-5-2/h19,22-23H,4-18,20H2,1-3H3/b21-19+/t22-,23+,25-/m0/s1. The van der Waals surface area contributed by atoms with E-state index in [-0.39, 0.29) is 18.4 Å². The summed E-state index contributed by atoms with van der Waals surface area (Å²) in [5, 5.41) is 0. The molecule has 3 atom stereocenters. The second kappa shape index (κ2) is 13.4. The van der Waals surface area contributed by atoms with Gasteiger partial charge in [0, 0.05) is 6.92 Å². The van der Waals surface area contributed by atoms with Crippen molar-refractivity contribution in [2.24, 2.45) is 0 Å². The molecule has 0 N–H and O–H groups in total. The number of ether oxygens (including phenoxy) is 3. The van der Waals surface area contributed by atoms with Crippen LogP contribution in [0.15, 0.2) is 11.6 Å². The van der Waals surface area contributed by atoms with Gasteiger partial charge in [0.1, 0.15) is 0 Å². The molecule has 2 rings (SSSR count). The van der Waals surface area contributed by atoms with E-state index in [1.54, 1.807) is 0 Å². The van der Waals surface area contributed by atoms with Crippen LogP contribution in [0.25, 0.3) is 0 Å². The molecule has 0 unspecified atom stereocenters. The highest BCUT2D eigenvalue weighted by molar-refractivity contribution is 5.92. The van der Waals surface area contributed by atoms with Gasteiger partial charge in [-0.1, -0.05) is 97.0 Å². The molecule has 0 radical (unpaired) electrons. The SMILES string of the molecule is CCCCCCCCC/C=C1/C(=O)O[C@]2(C)O[C@@H](CCCCCCCCC)O[C@H]12. The zero-order valence-corrected chi connectivity index (χ0v) is 19.2. The van der Waals surface area contributed by atoms with Crippen molar-refractivity contribution in [1.82, 2.24) is 0 Å². The zero-order valence-electron chi connectivity index (χ0n) is 19.2. The van der Waals surface area contributed by atoms with Crippen molar-refractivity contribution in [2.45, 2.75) is 142 Å². The summed E-state index contributed by atoms with van der Waals surface area (Å²) in [6.45, 7) is 6.33. The van der Waals surface area contributed by atoms with Crippen LogP contribution in [0, 0.1) is 0 Å². The number of hydrogen-bond acceptors (Lipinski definition) is 4. The fraction of sp³-hybridized carbons (Fsp3) is 0.880. The highest BCUT2D eigenvalue weighted by Crippen LogP contribution is 2.42. The largest absolute Gasteiger partial charge is 0.427 e. The van der Waals surface area contributed by atoms with Crippen LogP contribution in [-0.4, -0.2) is 24.2 Å². The quantitative estimate of drug-likeness (QED) is 0.154. The number of carbonyl (C=O) groups is 1. The van der Waals surface area contributed by atoms with Crippen LogP contribution in [0.1, 0.15) is 124 Å². The number of hydrogen-bond donors (Lipinski definition) is 0. The van der Waals surface area contributed by atoms with E-state index in [0.29, 0.717) is 5.57 Å². The third kappa shape index (κ3) is 8.05. The first-order valence-corrected chi connectivity index (χ1v) is 12.4. The molecule has 0 amide bonds. The van der Waals surface area contributed by atoms with E-state index < -0.39 is 5.79 Å². The Bertz CT molecular complexity index is 501. The highest BCUT2D eigenvalue weighted by Gasteiger charge is 2.58. The Morgan fingerprint density at radius 3 is 2.00 bits per heavy atom. The first-order chi connectivity index (χ1) is 14.1. The van der Waals surface area contributed by atoms with Gasteiger partial charge in [-0.2, -0.15) is 0 Å². The van der Waals surface area contributed by atoms with Crippen LogP contribution in [0.2, 0.25) is 0 Å². The third-order valence-corrected chi connectivity index (χ3v) is 6.16. The van der Waals surface area contributed by atoms with E-state index >= 15 is 0 Å². The molecule has 29 heavy (non-hydrogen) atoms. The first kappa shape index (κ1) is 24.4. The van der Waals surface area contributed by atoms with Gasteiger partial charge in [-0.15, -0.1) is 0 Å². The summed E-state index contributed by atoms with van der Waals surface area (Å²) < 4.78 is 17.7. The second-order valence-corrected chi connectivity index (χ2v) is 8.95. The van der Waals surface area contributed by atoms with Crippen LogP contribution in [-0.2, 0) is 19.0 Å². The number of unbranched alkanes of at least 4 members (excludes halogenated alkanes) is 13. The van der Waals surface area contributed by atoms with E-state index in [0.717, 1.165) is 25.7 Å². The van der Waals surface area contributed by atoms with E-state index in [9.17, 15) is 4.79 Å². The summed E-state index contributed by atoms with van der Waals surface area (Å²) in [6, 6.07) is 0.